The molecule has 0 aromatic heterocycles. The SMILES string of the molecule is Cc1ccccc1C(=O)Nc1cccc(NS(C)(=O)=O)c1. The molecule has 6 heteroatoms. The van der Waals surface area contributed by atoms with E-state index < -0.39 is 10.0 Å². The Morgan fingerprint density at radius 2 is 1.67 bits per heavy atom. The highest BCUT2D eigenvalue weighted by atomic mass is 32.2. The first-order chi connectivity index (χ1) is 9.85. The van der Waals surface area contributed by atoms with Crippen molar-refractivity contribution < 1.29 is 13.2 Å². The maximum Gasteiger partial charge on any atom is 0.255 e. The zero-order chi connectivity index (χ0) is 15.5. The van der Waals surface area contributed by atoms with Crippen LogP contribution in [0.5, 0.6) is 0 Å². The van der Waals surface area contributed by atoms with Gasteiger partial charge in [0.05, 0.1) is 11.9 Å². The van der Waals surface area contributed by atoms with Crippen LogP contribution in [0.2, 0.25) is 0 Å². The molecule has 0 bridgehead atoms. The predicted octanol–water partition coefficient (Wildman–Crippen LogP) is 2.62. The number of amides is 1. The number of nitrogens with one attached hydrogen (secondary N) is 2. The van der Waals surface area contributed by atoms with Crippen molar-refractivity contribution >= 4 is 27.3 Å². The molecule has 110 valence electrons. The van der Waals surface area contributed by atoms with Gasteiger partial charge in [0.25, 0.3) is 5.91 Å². The molecule has 2 aromatic carbocycles. The maximum absolute atomic E-state index is 12.2. The van der Waals surface area contributed by atoms with E-state index in [1.54, 1.807) is 36.4 Å². The van der Waals surface area contributed by atoms with Crippen molar-refractivity contribution in [2.75, 3.05) is 16.3 Å². The highest BCUT2D eigenvalue weighted by Gasteiger charge is 2.09. The monoisotopic (exact) mass is 304 g/mol. The van der Waals surface area contributed by atoms with E-state index in [4.69, 9.17) is 0 Å². The van der Waals surface area contributed by atoms with E-state index in [2.05, 4.69) is 10.0 Å². The van der Waals surface area contributed by atoms with Gasteiger partial charge in [-0.15, -0.1) is 0 Å². The summed E-state index contributed by atoms with van der Waals surface area (Å²) >= 11 is 0. The van der Waals surface area contributed by atoms with Crippen LogP contribution in [0.1, 0.15) is 15.9 Å². The lowest BCUT2D eigenvalue weighted by Gasteiger charge is -2.09. The van der Waals surface area contributed by atoms with Crippen molar-refractivity contribution in [2.45, 2.75) is 6.92 Å². The normalized spacial score (nSPS) is 11.0. The average Bonchev–Trinajstić information content (AvgIpc) is 2.37. The van der Waals surface area contributed by atoms with Crippen LogP contribution in [0.3, 0.4) is 0 Å². The molecule has 0 spiro atoms. The van der Waals surface area contributed by atoms with E-state index in [0.29, 0.717) is 16.9 Å². The second kappa shape index (κ2) is 5.97. The highest BCUT2D eigenvalue weighted by Crippen LogP contribution is 2.17. The predicted molar refractivity (Wildman–Crippen MR) is 84.0 cm³/mol. The first kappa shape index (κ1) is 15.1. The number of aryl methyl sites for hydroxylation is 1. The van der Waals surface area contributed by atoms with Gasteiger partial charge >= 0.3 is 0 Å². The first-order valence-corrected chi connectivity index (χ1v) is 8.19. The molecule has 2 N–H and O–H groups in total. The van der Waals surface area contributed by atoms with Gasteiger partial charge in [-0.3, -0.25) is 9.52 Å². The first-order valence-electron chi connectivity index (χ1n) is 6.30. The Kier molecular flexibility index (Phi) is 4.28. The number of anilines is 2. The Hall–Kier alpha value is -2.34. The molecule has 5 nitrogen and oxygen atoms in total. The fourth-order valence-electron chi connectivity index (χ4n) is 1.90. The molecule has 0 heterocycles. The van der Waals surface area contributed by atoms with Crippen LogP contribution < -0.4 is 10.0 Å². The third-order valence-electron chi connectivity index (χ3n) is 2.81. The number of carbonyl (C=O) groups excluding carboxylic acids is 1. The van der Waals surface area contributed by atoms with E-state index in [9.17, 15) is 13.2 Å². The van der Waals surface area contributed by atoms with Crippen LogP contribution in [0, 0.1) is 6.92 Å². The summed E-state index contributed by atoms with van der Waals surface area (Å²) in [6.07, 6.45) is 1.07. The minimum Gasteiger partial charge on any atom is -0.322 e. The molecule has 1 amide bonds. The molecular weight excluding hydrogens is 288 g/mol. The quantitative estimate of drug-likeness (QED) is 0.911. The number of sulfonamides is 1. The Morgan fingerprint density at radius 3 is 2.33 bits per heavy atom. The Bertz CT molecular complexity index is 770. The van der Waals surface area contributed by atoms with Crippen molar-refractivity contribution in [3.63, 3.8) is 0 Å². The highest BCUT2D eigenvalue weighted by molar-refractivity contribution is 7.92. The molecule has 0 saturated carbocycles. The van der Waals surface area contributed by atoms with Crippen molar-refractivity contribution in [1.29, 1.82) is 0 Å². The molecule has 0 aliphatic rings. The van der Waals surface area contributed by atoms with Crippen LogP contribution in [0.15, 0.2) is 48.5 Å². The van der Waals surface area contributed by atoms with Crippen LogP contribution in [-0.2, 0) is 10.0 Å². The smallest absolute Gasteiger partial charge is 0.255 e. The third-order valence-corrected chi connectivity index (χ3v) is 3.42. The zero-order valence-corrected chi connectivity index (χ0v) is 12.6. The molecule has 0 fully saturated rings. The van der Waals surface area contributed by atoms with Crippen molar-refractivity contribution in [3.8, 4) is 0 Å². The minimum absolute atomic E-state index is 0.232. The Morgan fingerprint density at radius 1 is 1.00 bits per heavy atom. The number of hydrogen-bond donors (Lipinski definition) is 2. The zero-order valence-electron chi connectivity index (χ0n) is 11.8. The molecule has 0 aliphatic carbocycles. The fourth-order valence-corrected chi connectivity index (χ4v) is 2.46. The standard InChI is InChI=1S/C15H16N2O3S/c1-11-6-3-4-9-14(11)15(18)16-12-7-5-8-13(10-12)17-21(2,19)20/h3-10,17H,1-2H3,(H,16,18). The van der Waals surface area contributed by atoms with Gasteiger partial charge in [0.1, 0.15) is 0 Å². The minimum atomic E-state index is -3.34. The van der Waals surface area contributed by atoms with E-state index >= 15 is 0 Å². The summed E-state index contributed by atoms with van der Waals surface area (Å²) in [4.78, 5) is 12.2. The van der Waals surface area contributed by atoms with E-state index in [1.165, 1.54) is 0 Å². The summed E-state index contributed by atoms with van der Waals surface area (Å²) in [6.45, 7) is 1.86. The van der Waals surface area contributed by atoms with Gasteiger partial charge in [-0.25, -0.2) is 8.42 Å². The van der Waals surface area contributed by atoms with Crippen LogP contribution in [0.25, 0.3) is 0 Å². The van der Waals surface area contributed by atoms with Gasteiger partial charge < -0.3 is 5.32 Å². The summed E-state index contributed by atoms with van der Waals surface area (Å²) in [5, 5.41) is 2.75. The molecule has 0 radical (unpaired) electrons. The molecule has 0 saturated heterocycles. The van der Waals surface area contributed by atoms with Crippen molar-refractivity contribution in [1.82, 2.24) is 0 Å². The summed E-state index contributed by atoms with van der Waals surface area (Å²) < 4.78 is 24.8. The number of carbonyl (C=O) groups is 1. The average molecular weight is 304 g/mol. The molecule has 2 aromatic rings. The van der Waals surface area contributed by atoms with Crippen molar-refractivity contribution in [3.05, 3.63) is 59.7 Å². The summed E-state index contributed by atoms with van der Waals surface area (Å²) in [6, 6.07) is 13.8. The van der Waals surface area contributed by atoms with Gasteiger partial charge in [-0.2, -0.15) is 0 Å². The van der Waals surface area contributed by atoms with Crippen LogP contribution >= 0.6 is 0 Å². The van der Waals surface area contributed by atoms with Crippen LogP contribution in [-0.4, -0.2) is 20.6 Å². The maximum atomic E-state index is 12.2. The lowest BCUT2D eigenvalue weighted by molar-refractivity contribution is 0.102. The molecule has 2 rings (SSSR count). The summed E-state index contributed by atoms with van der Waals surface area (Å²) in [5.74, 6) is -0.232. The molecule has 0 atom stereocenters. The topological polar surface area (TPSA) is 75.3 Å². The van der Waals surface area contributed by atoms with Gasteiger partial charge in [0, 0.05) is 11.3 Å². The largest absolute Gasteiger partial charge is 0.322 e. The van der Waals surface area contributed by atoms with Gasteiger partial charge in [0.2, 0.25) is 10.0 Å². The molecule has 0 unspecified atom stereocenters. The number of hydrogen-bond acceptors (Lipinski definition) is 3. The van der Waals surface area contributed by atoms with Gasteiger partial charge in [0.15, 0.2) is 0 Å². The third kappa shape index (κ3) is 4.32. The van der Waals surface area contributed by atoms with E-state index in [0.717, 1.165) is 11.8 Å². The van der Waals surface area contributed by atoms with Crippen LogP contribution in [0.4, 0.5) is 11.4 Å². The van der Waals surface area contributed by atoms with E-state index in [1.807, 2.05) is 19.1 Å². The molecule has 0 aliphatic heterocycles. The Labute approximate surface area is 124 Å². The van der Waals surface area contributed by atoms with E-state index in [-0.39, 0.29) is 5.91 Å². The van der Waals surface area contributed by atoms with Crippen molar-refractivity contribution in [2.24, 2.45) is 0 Å². The van der Waals surface area contributed by atoms with Gasteiger partial charge in [-0.05, 0) is 36.8 Å². The Balaban J connectivity index is 2.19. The molecular formula is C15H16N2O3S. The lowest BCUT2D eigenvalue weighted by atomic mass is 10.1. The second-order valence-corrected chi connectivity index (χ2v) is 6.47. The molecule has 21 heavy (non-hydrogen) atoms. The number of rotatable bonds is 4. The summed E-state index contributed by atoms with van der Waals surface area (Å²) in [5.41, 5.74) is 2.39. The number of benzene rings is 2. The summed E-state index contributed by atoms with van der Waals surface area (Å²) in [7, 11) is -3.34. The lowest BCUT2D eigenvalue weighted by Crippen LogP contribution is -2.14. The second-order valence-electron chi connectivity index (χ2n) is 4.72. The van der Waals surface area contributed by atoms with Gasteiger partial charge in [-0.1, -0.05) is 24.3 Å². The fraction of sp³-hybridized carbons (Fsp3) is 0.133.